The molecule has 9 heteroatoms. The van der Waals surface area contributed by atoms with Gasteiger partial charge in [0.1, 0.15) is 12.1 Å². The Bertz CT molecular complexity index is 1400. The highest BCUT2D eigenvalue weighted by atomic mass is 16.4. The van der Waals surface area contributed by atoms with Crippen molar-refractivity contribution < 1.29 is 19.5 Å². The normalized spacial score (nSPS) is 17.2. The fraction of sp³-hybridized carbons (Fsp3) is 0.296. The summed E-state index contributed by atoms with van der Waals surface area (Å²) in [5.74, 6) is -1.92. The first-order chi connectivity index (χ1) is 17.5. The second-order valence-corrected chi connectivity index (χ2v) is 9.24. The van der Waals surface area contributed by atoms with Gasteiger partial charge in [0.25, 0.3) is 0 Å². The van der Waals surface area contributed by atoms with Crippen molar-refractivity contribution in [1.29, 1.82) is 0 Å². The number of H-pyrrole nitrogens is 2. The van der Waals surface area contributed by atoms with Crippen molar-refractivity contribution in [2.45, 2.75) is 43.8 Å². The lowest BCUT2D eigenvalue weighted by atomic mass is 10.0. The Kier molecular flexibility index (Phi) is 6.73. The first kappa shape index (κ1) is 23.6. The zero-order valence-corrected chi connectivity index (χ0v) is 19.7. The van der Waals surface area contributed by atoms with Crippen molar-refractivity contribution in [3.8, 4) is 0 Å². The smallest absolute Gasteiger partial charge is 0.326 e. The van der Waals surface area contributed by atoms with E-state index in [0.29, 0.717) is 6.42 Å². The Morgan fingerprint density at radius 1 is 0.861 bits per heavy atom. The molecule has 4 aromatic rings. The maximum Gasteiger partial charge on any atom is 0.326 e. The number of hydrogen-bond donors (Lipinski definition) is 6. The largest absolute Gasteiger partial charge is 0.480 e. The second-order valence-electron chi connectivity index (χ2n) is 9.24. The molecule has 3 heterocycles. The number of carbonyl (C=O) groups is 3. The van der Waals surface area contributed by atoms with Gasteiger partial charge in [0.05, 0.1) is 6.04 Å². The number of carboxylic acids is 1. The quantitative estimate of drug-likeness (QED) is 0.215. The number of amides is 2. The highest BCUT2D eigenvalue weighted by Gasteiger charge is 2.31. The first-order valence-corrected chi connectivity index (χ1v) is 12.2. The number of aromatic amines is 2. The summed E-state index contributed by atoms with van der Waals surface area (Å²) in [5.41, 5.74) is 3.49. The van der Waals surface area contributed by atoms with Gasteiger partial charge >= 0.3 is 5.97 Å². The number of hydrogen-bond acceptors (Lipinski definition) is 4. The van der Waals surface area contributed by atoms with Gasteiger partial charge in [-0.3, -0.25) is 9.59 Å². The van der Waals surface area contributed by atoms with E-state index in [0.717, 1.165) is 45.9 Å². The van der Waals surface area contributed by atoms with Gasteiger partial charge < -0.3 is 31.0 Å². The molecule has 2 amide bonds. The molecule has 2 aromatic heterocycles. The number of carbonyl (C=O) groups excluding carboxylic acids is 2. The highest BCUT2D eigenvalue weighted by Crippen LogP contribution is 2.21. The molecule has 0 saturated carbocycles. The molecule has 1 saturated heterocycles. The fourth-order valence-electron chi connectivity index (χ4n) is 4.90. The zero-order chi connectivity index (χ0) is 25.1. The van der Waals surface area contributed by atoms with E-state index in [-0.39, 0.29) is 24.8 Å². The second kappa shape index (κ2) is 10.2. The van der Waals surface area contributed by atoms with Gasteiger partial charge in [0.15, 0.2) is 0 Å². The first-order valence-electron chi connectivity index (χ1n) is 12.2. The van der Waals surface area contributed by atoms with Crippen LogP contribution in [0, 0.1) is 0 Å². The Balaban J connectivity index is 1.37. The van der Waals surface area contributed by atoms with Gasteiger partial charge in [-0.2, -0.15) is 0 Å². The summed E-state index contributed by atoms with van der Waals surface area (Å²) in [5, 5.41) is 20.5. The van der Waals surface area contributed by atoms with Gasteiger partial charge in [-0.05, 0) is 42.6 Å². The van der Waals surface area contributed by atoms with Gasteiger partial charge in [-0.15, -0.1) is 0 Å². The van der Waals surface area contributed by atoms with Crippen molar-refractivity contribution in [1.82, 2.24) is 25.9 Å². The minimum absolute atomic E-state index is 0.114. The summed E-state index contributed by atoms with van der Waals surface area (Å²) >= 11 is 0. The summed E-state index contributed by atoms with van der Waals surface area (Å²) in [6.45, 7) is 0.753. The van der Waals surface area contributed by atoms with E-state index in [4.69, 9.17) is 0 Å². The SMILES string of the molecule is O=C(O)C(Cc1c[nH]c2ccccc12)NC(=O)C(Cc1c[nH]c2ccccc12)NC(=O)C1CCCN1. The van der Waals surface area contributed by atoms with E-state index in [1.807, 2.05) is 54.7 Å². The molecule has 5 rings (SSSR count). The standard InChI is InChI=1S/C27H29N5O4/c33-25(22-10-5-11-28-22)31-23(12-16-14-29-20-8-3-1-6-18(16)20)26(34)32-24(27(35)36)13-17-15-30-21-9-4-2-7-19(17)21/h1-4,6-9,14-15,22-24,28-30H,5,10-13H2,(H,31,33)(H,32,34)(H,35,36). The summed E-state index contributed by atoms with van der Waals surface area (Å²) in [7, 11) is 0. The number of para-hydroxylation sites is 2. The third-order valence-electron chi connectivity index (χ3n) is 6.82. The average molecular weight is 488 g/mol. The summed E-state index contributed by atoms with van der Waals surface area (Å²) < 4.78 is 0. The number of rotatable bonds is 9. The van der Waals surface area contributed by atoms with E-state index < -0.39 is 24.0 Å². The third-order valence-corrected chi connectivity index (χ3v) is 6.82. The van der Waals surface area contributed by atoms with Crippen molar-refractivity contribution in [3.05, 3.63) is 72.1 Å². The lowest BCUT2D eigenvalue weighted by Crippen LogP contribution is -2.55. The number of fused-ring (bicyclic) bond motifs is 2. The molecule has 0 spiro atoms. The van der Waals surface area contributed by atoms with E-state index in [9.17, 15) is 19.5 Å². The molecule has 0 aliphatic carbocycles. The molecule has 36 heavy (non-hydrogen) atoms. The average Bonchev–Trinajstić information content (AvgIpc) is 3.64. The molecule has 1 fully saturated rings. The number of benzene rings is 2. The molecule has 186 valence electrons. The molecule has 0 bridgehead atoms. The van der Waals surface area contributed by atoms with Gasteiger partial charge in [-0.25, -0.2) is 4.79 Å². The van der Waals surface area contributed by atoms with Crippen LogP contribution in [0.2, 0.25) is 0 Å². The van der Waals surface area contributed by atoms with Gasteiger partial charge in [0, 0.05) is 47.0 Å². The van der Waals surface area contributed by atoms with Crippen LogP contribution in [-0.4, -0.2) is 57.5 Å². The van der Waals surface area contributed by atoms with E-state index in [2.05, 4.69) is 25.9 Å². The zero-order valence-electron chi connectivity index (χ0n) is 19.7. The molecule has 2 aromatic carbocycles. The number of nitrogens with one attached hydrogen (secondary N) is 5. The van der Waals surface area contributed by atoms with Crippen molar-refractivity contribution >= 4 is 39.6 Å². The highest BCUT2D eigenvalue weighted by molar-refractivity contribution is 5.93. The fourth-order valence-corrected chi connectivity index (χ4v) is 4.90. The topological polar surface area (TPSA) is 139 Å². The molecular weight excluding hydrogens is 458 g/mol. The Labute approximate surface area is 207 Å². The lowest BCUT2D eigenvalue weighted by Gasteiger charge is -2.23. The van der Waals surface area contributed by atoms with Crippen molar-refractivity contribution in [2.75, 3.05) is 6.54 Å². The van der Waals surface area contributed by atoms with Crippen molar-refractivity contribution in [2.24, 2.45) is 0 Å². The molecular formula is C27H29N5O4. The van der Waals surface area contributed by atoms with Crippen LogP contribution >= 0.6 is 0 Å². The Hall–Kier alpha value is -4.11. The maximum absolute atomic E-state index is 13.4. The van der Waals surface area contributed by atoms with Crippen LogP contribution in [0.3, 0.4) is 0 Å². The third kappa shape index (κ3) is 4.96. The monoisotopic (exact) mass is 487 g/mol. The molecule has 0 radical (unpaired) electrons. The molecule has 6 N–H and O–H groups in total. The van der Waals surface area contributed by atoms with Crippen LogP contribution in [0.4, 0.5) is 0 Å². The van der Waals surface area contributed by atoms with Crippen LogP contribution in [-0.2, 0) is 27.2 Å². The van der Waals surface area contributed by atoms with Crippen molar-refractivity contribution in [3.63, 3.8) is 0 Å². The predicted octanol–water partition coefficient (Wildman–Crippen LogP) is 2.24. The summed E-state index contributed by atoms with van der Waals surface area (Å²) in [6, 6.07) is 12.9. The molecule has 3 unspecified atom stereocenters. The van der Waals surface area contributed by atoms with Crippen LogP contribution in [0.15, 0.2) is 60.9 Å². The molecule has 1 aliphatic rings. The lowest BCUT2D eigenvalue weighted by molar-refractivity contribution is -0.142. The molecule has 1 aliphatic heterocycles. The molecule has 3 atom stereocenters. The maximum atomic E-state index is 13.4. The number of aromatic nitrogens is 2. The van der Waals surface area contributed by atoms with Gasteiger partial charge in [-0.1, -0.05) is 36.4 Å². The summed E-state index contributed by atoms with van der Waals surface area (Å²) in [6.07, 6.45) is 5.53. The Morgan fingerprint density at radius 3 is 2.00 bits per heavy atom. The minimum Gasteiger partial charge on any atom is -0.480 e. The van der Waals surface area contributed by atoms with E-state index in [1.54, 1.807) is 6.20 Å². The van der Waals surface area contributed by atoms with Crippen LogP contribution in [0.25, 0.3) is 21.8 Å². The summed E-state index contributed by atoms with van der Waals surface area (Å²) in [4.78, 5) is 44.8. The van der Waals surface area contributed by atoms with E-state index in [1.165, 1.54) is 0 Å². The van der Waals surface area contributed by atoms with Crippen LogP contribution in [0.5, 0.6) is 0 Å². The Morgan fingerprint density at radius 2 is 1.44 bits per heavy atom. The molecule has 9 nitrogen and oxygen atoms in total. The number of carboxylic acid groups (broad SMARTS) is 1. The predicted molar refractivity (Wildman–Crippen MR) is 137 cm³/mol. The minimum atomic E-state index is -1.15. The van der Waals surface area contributed by atoms with Gasteiger partial charge in [0.2, 0.25) is 11.8 Å². The van der Waals surface area contributed by atoms with E-state index >= 15 is 0 Å². The van der Waals surface area contributed by atoms with Crippen LogP contribution < -0.4 is 16.0 Å². The van der Waals surface area contributed by atoms with Crippen LogP contribution in [0.1, 0.15) is 24.0 Å². The number of aliphatic carboxylic acids is 1.